The van der Waals surface area contributed by atoms with Gasteiger partial charge in [0.05, 0.1) is 12.8 Å². The van der Waals surface area contributed by atoms with E-state index in [-0.39, 0.29) is 5.91 Å². The third-order valence-corrected chi connectivity index (χ3v) is 6.80. The second-order valence-electron chi connectivity index (χ2n) is 9.10. The maximum absolute atomic E-state index is 13.4. The number of anilines is 1. The van der Waals surface area contributed by atoms with Gasteiger partial charge in [-0.05, 0) is 73.6 Å². The molecular formula is C28H31N5O2. The highest BCUT2D eigenvalue weighted by atomic mass is 16.5. The largest absolute Gasteiger partial charge is 0.495 e. The Bertz CT molecular complexity index is 1290. The molecule has 1 N–H and O–H groups in total. The number of likely N-dealkylation sites (tertiary alicyclic amines) is 1. The van der Waals surface area contributed by atoms with E-state index in [4.69, 9.17) is 4.74 Å². The summed E-state index contributed by atoms with van der Waals surface area (Å²) in [4.78, 5) is 24.0. The van der Waals surface area contributed by atoms with Gasteiger partial charge in [0.1, 0.15) is 11.4 Å². The smallest absolute Gasteiger partial charge is 0.253 e. The molecule has 35 heavy (non-hydrogen) atoms. The second kappa shape index (κ2) is 10.6. The summed E-state index contributed by atoms with van der Waals surface area (Å²) in [5.74, 6) is 1.35. The number of ether oxygens (including phenoxy) is 1. The predicted molar refractivity (Wildman–Crippen MR) is 137 cm³/mol. The summed E-state index contributed by atoms with van der Waals surface area (Å²) in [6, 6.07) is 15.8. The van der Waals surface area contributed by atoms with Crippen molar-refractivity contribution in [1.29, 1.82) is 0 Å². The molecule has 7 heteroatoms. The lowest BCUT2D eigenvalue weighted by Gasteiger charge is -2.22. The van der Waals surface area contributed by atoms with Gasteiger partial charge in [-0.25, -0.2) is 4.98 Å². The van der Waals surface area contributed by atoms with Crippen LogP contribution in [-0.2, 0) is 13.0 Å². The number of nitrogens with one attached hydrogen (secondary N) is 1. The molecule has 0 bridgehead atoms. The summed E-state index contributed by atoms with van der Waals surface area (Å²) >= 11 is 0. The van der Waals surface area contributed by atoms with Gasteiger partial charge in [-0.15, -0.1) is 0 Å². The number of carbonyl (C=O) groups excluding carboxylic acids is 1. The van der Waals surface area contributed by atoms with Gasteiger partial charge in [-0.3, -0.25) is 9.78 Å². The maximum Gasteiger partial charge on any atom is 0.253 e. The number of fused-ring (bicyclic) bond motifs is 1. The molecule has 0 spiro atoms. The van der Waals surface area contributed by atoms with Crippen LogP contribution in [0.4, 0.5) is 5.69 Å². The summed E-state index contributed by atoms with van der Waals surface area (Å²) < 4.78 is 7.69. The van der Waals surface area contributed by atoms with E-state index >= 15 is 0 Å². The van der Waals surface area contributed by atoms with Crippen molar-refractivity contribution in [1.82, 2.24) is 19.3 Å². The molecule has 1 aromatic carbocycles. The quantitative estimate of drug-likeness (QED) is 0.420. The third-order valence-electron chi connectivity index (χ3n) is 6.80. The Hall–Kier alpha value is -3.87. The number of nitrogens with zero attached hydrogens (tertiary/aromatic N) is 4. The van der Waals surface area contributed by atoms with Crippen molar-refractivity contribution < 1.29 is 9.53 Å². The molecule has 1 amide bonds. The van der Waals surface area contributed by atoms with Crippen LogP contribution >= 0.6 is 0 Å². The second-order valence-corrected chi connectivity index (χ2v) is 9.10. The van der Waals surface area contributed by atoms with Crippen molar-refractivity contribution in [2.24, 2.45) is 5.92 Å². The van der Waals surface area contributed by atoms with E-state index in [0.29, 0.717) is 18.0 Å². The molecule has 0 saturated carbocycles. The van der Waals surface area contributed by atoms with Crippen LogP contribution in [0.1, 0.15) is 40.9 Å². The van der Waals surface area contributed by atoms with Crippen LogP contribution < -0.4 is 10.1 Å². The van der Waals surface area contributed by atoms with E-state index in [2.05, 4.69) is 31.8 Å². The standard InChI is InChI=1S/C28H31N5O2/c1-35-26-10-9-23(18-25(26)31-20-22-5-3-12-29-19-22)28(34)32-14-4-6-21(11-15-32)17-24-7-2-8-27-30-13-16-33(24)27/h2-3,5,7-10,12-13,16,18-19,21,31H,4,6,11,14-15,17,20H2,1H3. The molecule has 0 radical (unpaired) electrons. The minimum Gasteiger partial charge on any atom is -0.495 e. The van der Waals surface area contributed by atoms with Gasteiger partial charge in [0.25, 0.3) is 5.91 Å². The van der Waals surface area contributed by atoms with Crippen molar-refractivity contribution in [3.8, 4) is 5.75 Å². The minimum absolute atomic E-state index is 0.0782. The minimum atomic E-state index is 0.0782. The number of methoxy groups -OCH3 is 1. The molecule has 5 rings (SSSR count). The van der Waals surface area contributed by atoms with Crippen molar-refractivity contribution in [3.63, 3.8) is 0 Å². The zero-order valence-corrected chi connectivity index (χ0v) is 20.1. The monoisotopic (exact) mass is 469 g/mol. The first-order valence-corrected chi connectivity index (χ1v) is 12.2. The van der Waals surface area contributed by atoms with E-state index in [1.54, 1.807) is 13.3 Å². The Labute approximate surface area is 205 Å². The molecule has 1 unspecified atom stereocenters. The average Bonchev–Trinajstić information content (AvgIpc) is 3.27. The van der Waals surface area contributed by atoms with Gasteiger partial charge in [-0.2, -0.15) is 0 Å². The lowest BCUT2D eigenvalue weighted by Crippen LogP contribution is -2.32. The van der Waals surface area contributed by atoms with Gasteiger partial charge >= 0.3 is 0 Å². The molecule has 3 aromatic heterocycles. The number of amides is 1. The summed E-state index contributed by atoms with van der Waals surface area (Å²) in [6.45, 7) is 2.17. The Morgan fingerprint density at radius 1 is 1.11 bits per heavy atom. The first-order valence-electron chi connectivity index (χ1n) is 12.2. The lowest BCUT2D eigenvalue weighted by molar-refractivity contribution is 0.0760. The number of benzene rings is 1. The van der Waals surface area contributed by atoms with E-state index in [1.807, 2.05) is 59.9 Å². The molecule has 7 nitrogen and oxygen atoms in total. The molecule has 1 aliphatic heterocycles. The number of imidazole rings is 1. The van der Waals surface area contributed by atoms with Crippen molar-refractivity contribution in [2.45, 2.75) is 32.2 Å². The maximum atomic E-state index is 13.4. The highest BCUT2D eigenvalue weighted by Gasteiger charge is 2.23. The van der Waals surface area contributed by atoms with Crippen LogP contribution in [0.15, 0.2) is 73.3 Å². The highest BCUT2D eigenvalue weighted by molar-refractivity contribution is 5.95. The van der Waals surface area contributed by atoms with Gasteiger partial charge in [0.2, 0.25) is 0 Å². The normalized spacial score (nSPS) is 16.1. The fourth-order valence-electron chi connectivity index (χ4n) is 4.90. The summed E-state index contributed by atoms with van der Waals surface area (Å²) in [5, 5.41) is 3.39. The van der Waals surface area contributed by atoms with Gasteiger partial charge in [0, 0.05) is 55.7 Å². The van der Waals surface area contributed by atoms with Crippen LogP contribution in [-0.4, -0.2) is 45.4 Å². The van der Waals surface area contributed by atoms with Gasteiger partial charge < -0.3 is 19.4 Å². The molecule has 4 aromatic rings. The summed E-state index contributed by atoms with van der Waals surface area (Å²) in [5.41, 5.74) is 4.82. The Morgan fingerprint density at radius 3 is 2.91 bits per heavy atom. The van der Waals surface area contributed by atoms with Crippen LogP contribution in [0.25, 0.3) is 5.65 Å². The molecule has 1 aliphatic rings. The van der Waals surface area contributed by atoms with Crippen molar-refractivity contribution >= 4 is 17.2 Å². The lowest BCUT2D eigenvalue weighted by atomic mass is 9.95. The summed E-state index contributed by atoms with van der Waals surface area (Å²) in [6.07, 6.45) is 11.6. The van der Waals surface area contributed by atoms with Crippen LogP contribution in [0.5, 0.6) is 5.75 Å². The number of pyridine rings is 2. The predicted octanol–water partition coefficient (Wildman–Crippen LogP) is 4.84. The zero-order chi connectivity index (χ0) is 24.0. The first-order chi connectivity index (χ1) is 17.2. The molecule has 1 fully saturated rings. The van der Waals surface area contributed by atoms with E-state index in [9.17, 15) is 4.79 Å². The topological polar surface area (TPSA) is 71.8 Å². The average molecular weight is 470 g/mol. The zero-order valence-electron chi connectivity index (χ0n) is 20.1. The fourth-order valence-corrected chi connectivity index (χ4v) is 4.90. The molecule has 180 valence electrons. The SMILES string of the molecule is COc1ccc(C(=O)N2CCCC(Cc3cccc4nccn34)CC2)cc1NCc1cccnc1. The van der Waals surface area contributed by atoms with E-state index in [1.165, 1.54) is 5.69 Å². The molecular weight excluding hydrogens is 438 g/mol. The molecule has 1 saturated heterocycles. The Balaban J connectivity index is 1.24. The fraction of sp³-hybridized carbons (Fsp3) is 0.321. The van der Waals surface area contributed by atoms with Crippen LogP contribution in [0.2, 0.25) is 0 Å². The summed E-state index contributed by atoms with van der Waals surface area (Å²) in [7, 11) is 1.64. The highest BCUT2D eigenvalue weighted by Crippen LogP contribution is 2.28. The first kappa shape index (κ1) is 22.9. The van der Waals surface area contributed by atoms with Crippen LogP contribution in [0, 0.1) is 5.92 Å². The number of aromatic nitrogens is 3. The molecule has 1 atom stereocenters. The molecule has 0 aliphatic carbocycles. The van der Waals surface area contributed by atoms with Crippen molar-refractivity contribution in [2.75, 3.05) is 25.5 Å². The van der Waals surface area contributed by atoms with Crippen LogP contribution in [0.3, 0.4) is 0 Å². The number of rotatable bonds is 7. The Kier molecular flexibility index (Phi) is 6.93. The van der Waals surface area contributed by atoms with Crippen molar-refractivity contribution in [3.05, 3.63) is 90.1 Å². The van der Waals surface area contributed by atoms with E-state index in [0.717, 1.165) is 61.4 Å². The van der Waals surface area contributed by atoms with Gasteiger partial charge in [0.15, 0.2) is 0 Å². The Morgan fingerprint density at radius 2 is 2.06 bits per heavy atom. The van der Waals surface area contributed by atoms with E-state index < -0.39 is 0 Å². The third kappa shape index (κ3) is 5.29. The van der Waals surface area contributed by atoms with Gasteiger partial charge in [-0.1, -0.05) is 12.1 Å². The number of hydrogen-bond acceptors (Lipinski definition) is 5. The number of carbonyl (C=O) groups is 1. The molecule has 4 heterocycles. The number of hydrogen-bond donors (Lipinski definition) is 1.